The second-order valence-corrected chi connectivity index (χ2v) is 5.00. The summed E-state index contributed by atoms with van der Waals surface area (Å²) in [6, 6.07) is 5.87. The number of hydrogen-bond donors (Lipinski definition) is 1. The Labute approximate surface area is 110 Å². The van der Waals surface area contributed by atoms with E-state index in [1.54, 1.807) is 6.07 Å². The summed E-state index contributed by atoms with van der Waals surface area (Å²) < 4.78 is 28.1. The third-order valence-corrected chi connectivity index (χ3v) is 3.70. The Kier molecular flexibility index (Phi) is 3.11. The summed E-state index contributed by atoms with van der Waals surface area (Å²) in [5, 5.41) is 9.90. The van der Waals surface area contributed by atoms with Crippen molar-refractivity contribution >= 4 is 0 Å². The molecule has 1 heterocycles. The highest BCUT2D eigenvalue weighted by Crippen LogP contribution is 2.30. The molecule has 1 atom stereocenters. The van der Waals surface area contributed by atoms with Gasteiger partial charge in [0.15, 0.2) is 11.6 Å². The molecule has 1 aromatic carbocycles. The van der Waals surface area contributed by atoms with Crippen molar-refractivity contribution in [3.63, 3.8) is 0 Å². The molecule has 4 heteroatoms. The maximum atomic E-state index is 13.2. The molecule has 0 saturated heterocycles. The number of benzene rings is 1. The molecule has 0 radical (unpaired) electrons. The minimum atomic E-state index is -0.825. The summed E-state index contributed by atoms with van der Waals surface area (Å²) in [5.41, 5.74) is 2.79. The zero-order chi connectivity index (χ0) is 13.4. The molecule has 1 aliphatic carbocycles. The van der Waals surface area contributed by atoms with Crippen LogP contribution in [0, 0.1) is 11.6 Å². The third-order valence-electron chi connectivity index (χ3n) is 3.70. The van der Waals surface area contributed by atoms with Gasteiger partial charge in [-0.05, 0) is 43.0 Å². The Balaban J connectivity index is 1.89. The average molecular weight is 263 g/mol. The Morgan fingerprint density at radius 1 is 1.21 bits per heavy atom. The van der Waals surface area contributed by atoms with Gasteiger partial charge in [0, 0.05) is 24.0 Å². The molecule has 0 spiro atoms. The number of fused-ring (bicyclic) bond motifs is 1. The van der Waals surface area contributed by atoms with Crippen LogP contribution in [0.2, 0.25) is 0 Å². The molecule has 1 aliphatic rings. The SMILES string of the molecule is OC1CCCc2c1ccn2Cc1ccc(F)c(F)c1. The summed E-state index contributed by atoms with van der Waals surface area (Å²) in [5.74, 6) is -1.65. The van der Waals surface area contributed by atoms with Crippen LogP contribution in [0.15, 0.2) is 30.5 Å². The minimum Gasteiger partial charge on any atom is -0.388 e. The summed E-state index contributed by atoms with van der Waals surface area (Å²) in [4.78, 5) is 0. The predicted octanol–water partition coefficient (Wildman–Crippen LogP) is 3.18. The van der Waals surface area contributed by atoms with E-state index in [4.69, 9.17) is 0 Å². The summed E-state index contributed by atoms with van der Waals surface area (Å²) in [6.07, 6.45) is 4.18. The largest absolute Gasteiger partial charge is 0.388 e. The van der Waals surface area contributed by atoms with Crippen molar-refractivity contribution in [1.82, 2.24) is 4.57 Å². The number of nitrogens with zero attached hydrogens (tertiary/aromatic N) is 1. The summed E-state index contributed by atoms with van der Waals surface area (Å²) in [7, 11) is 0. The van der Waals surface area contributed by atoms with E-state index in [0.717, 1.165) is 42.1 Å². The number of hydrogen-bond acceptors (Lipinski definition) is 1. The van der Waals surface area contributed by atoms with Crippen LogP contribution in [0.4, 0.5) is 8.78 Å². The molecular formula is C15H15F2NO. The van der Waals surface area contributed by atoms with Gasteiger partial charge in [0.25, 0.3) is 0 Å². The molecule has 0 aliphatic heterocycles. The Morgan fingerprint density at radius 2 is 2.05 bits per heavy atom. The van der Waals surface area contributed by atoms with Crippen molar-refractivity contribution in [1.29, 1.82) is 0 Å². The van der Waals surface area contributed by atoms with E-state index in [2.05, 4.69) is 0 Å². The molecule has 0 amide bonds. The van der Waals surface area contributed by atoms with E-state index in [1.165, 1.54) is 6.07 Å². The molecule has 0 fully saturated rings. The molecule has 19 heavy (non-hydrogen) atoms. The van der Waals surface area contributed by atoms with Crippen molar-refractivity contribution in [2.24, 2.45) is 0 Å². The van der Waals surface area contributed by atoms with Gasteiger partial charge < -0.3 is 9.67 Å². The lowest BCUT2D eigenvalue weighted by molar-refractivity contribution is 0.156. The highest BCUT2D eigenvalue weighted by Gasteiger charge is 2.21. The van der Waals surface area contributed by atoms with E-state index in [0.29, 0.717) is 6.54 Å². The fraction of sp³-hybridized carbons (Fsp3) is 0.333. The first kappa shape index (κ1) is 12.4. The highest BCUT2D eigenvalue weighted by atomic mass is 19.2. The fourth-order valence-corrected chi connectivity index (χ4v) is 2.71. The molecule has 2 nitrogen and oxygen atoms in total. The number of aliphatic hydroxyl groups is 1. The zero-order valence-electron chi connectivity index (χ0n) is 10.4. The quantitative estimate of drug-likeness (QED) is 0.884. The first-order chi connectivity index (χ1) is 9.15. The van der Waals surface area contributed by atoms with Gasteiger partial charge in [-0.1, -0.05) is 6.07 Å². The zero-order valence-corrected chi connectivity index (χ0v) is 10.4. The van der Waals surface area contributed by atoms with Gasteiger partial charge in [0.1, 0.15) is 0 Å². The molecule has 1 aromatic heterocycles. The van der Waals surface area contributed by atoms with Crippen molar-refractivity contribution in [3.05, 3.63) is 58.9 Å². The molecule has 1 N–H and O–H groups in total. The summed E-state index contributed by atoms with van der Waals surface area (Å²) in [6.45, 7) is 0.499. The predicted molar refractivity (Wildman–Crippen MR) is 67.8 cm³/mol. The molecule has 3 rings (SSSR count). The van der Waals surface area contributed by atoms with Crippen molar-refractivity contribution in [2.45, 2.75) is 31.9 Å². The molecule has 1 unspecified atom stereocenters. The number of aliphatic hydroxyl groups excluding tert-OH is 1. The fourth-order valence-electron chi connectivity index (χ4n) is 2.71. The lowest BCUT2D eigenvalue weighted by Gasteiger charge is -2.20. The standard InChI is InChI=1S/C15H15F2NO/c16-12-5-4-10(8-13(12)17)9-18-7-6-11-14(18)2-1-3-15(11)19/h4-8,15,19H,1-3,9H2. The second-order valence-electron chi connectivity index (χ2n) is 5.00. The monoisotopic (exact) mass is 263 g/mol. The van der Waals surface area contributed by atoms with Crippen LogP contribution in [0.1, 0.15) is 35.8 Å². The van der Waals surface area contributed by atoms with E-state index in [1.807, 2.05) is 16.8 Å². The van der Waals surface area contributed by atoms with Gasteiger partial charge >= 0.3 is 0 Å². The van der Waals surface area contributed by atoms with Gasteiger partial charge in [0.2, 0.25) is 0 Å². The minimum absolute atomic E-state index is 0.394. The van der Waals surface area contributed by atoms with Gasteiger partial charge in [-0.2, -0.15) is 0 Å². The van der Waals surface area contributed by atoms with Crippen molar-refractivity contribution in [2.75, 3.05) is 0 Å². The van der Waals surface area contributed by atoms with E-state index in [9.17, 15) is 13.9 Å². The van der Waals surface area contributed by atoms with Crippen LogP contribution in [-0.4, -0.2) is 9.67 Å². The second kappa shape index (κ2) is 4.78. The Morgan fingerprint density at radius 3 is 2.84 bits per heavy atom. The van der Waals surface area contributed by atoms with E-state index >= 15 is 0 Å². The maximum absolute atomic E-state index is 13.2. The molecule has 0 bridgehead atoms. The van der Waals surface area contributed by atoms with Gasteiger partial charge in [-0.3, -0.25) is 0 Å². The molecule has 2 aromatic rings. The first-order valence-electron chi connectivity index (χ1n) is 6.45. The Hall–Kier alpha value is -1.68. The van der Waals surface area contributed by atoms with Crippen LogP contribution in [0.5, 0.6) is 0 Å². The lowest BCUT2D eigenvalue weighted by atomic mass is 9.95. The first-order valence-corrected chi connectivity index (χ1v) is 6.45. The normalized spacial score (nSPS) is 18.4. The van der Waals surface area contributed by atoms with Gasteiger partial charge in [-0.25, -0.2) is 8.78 Å². The lowest BCUT2D eigenvalue weighted by Crippen LogP contribution is -2.12. The Bertz CT molecular complexity index is 606. The molecule has 0 saturated carbocycles. The van der Waals surface area contributed by atoms with E-state index < -0.39 is 17.7 Å². The van der Waals surface area contributed by atoms with Crippen LogP contribution in [-0.2, 0) is 13.0 Å². The van der Waals surface area contributed by atoms with E-state index in [-0.39, 0.29) is 0 Å². The number of halogens is 2. The molecular weight excluding hydrogens is 248 g/mol. The van der Waals surface area contributed by atoms with Gasteiger partial charge in [0.05, 0.1) is 6.10 Å². The van der Waals surface area contributed by atoms with Crippen LogP contribution in [0.3, 0.4) is 0 Å². The van der Waals surface area contributed by atoms with Crippen LogP contribution in [0.25, 0.3) is 0 Å². The molecule has 100 valence electrons. The maximum Gasteiger partial charge on any atom is 0.159 e. The topological polar surface area (TPSA) is 25.2 Å². The van der Waals surface area contributed by atoms with Gasteiger partial charge in [-0.15, -0.1) is 0 Å². The van der Waals surface area contributed by atoms with Crippen molar-refractivity contribution < 1.29 is 13.9 Å². The van der Waals surface area contributed by atoms with Crippen LogP contribution < -0.4 is 0 Å². The number of rotatable bonds is 2. The van der Waals surface area contributed by atoms with Crippen LogP contribution >= 0.6 is 0 Å². The van der Waals surface area contributed by atoms with Crippen molar-refractivity contribution in [3.8, 4) is 0 Å². The summed E-state index contributed by atoms with van der Waals surface area (Å²) >= 11 is 0. The third kappa shape index (κ3) is 2.28. The number of aromatic nitrogens is 1. The smallest absolute Gasteiger partial charge is 0.159 e. The average Bonchev–Trinajstić information content (AvgIpc) is 2.79. The highest BCUT2D eigenvalue weighted by molar-refractivity contribution is 5.29.